The fourth-order valence-corrected chi connectivity index (χ4v) is 20.8. The fraction of sp³-hybridized carbons (Fsp3) is 0.108. The molecule has 13 N–H and O–H groups in total. The van der Waals surface area contributed by atoms with Gasteiger partial charge >= 0.3 is 0 Å². The summed E-state index contributed by atoms with van der Waals surface area (Å²) < 4.78 is 0. The van der Waals surface area contributed by atoms with Gasteiger partial charge in [-0.15, -0.1) is 68.0 Å². The number of aliphatic hydroxyl groups excluding tert-OH is 1. The highest BCUT2D eigenvalue weighted by Gasteiger charge is 2.30. The summed E-state index contributed by atoms with van der Waals surface area (Å²) in [7, 11) is 0. The lowest BCUT2D eigenvalue weighted by Crippen LogP contribution is -2.41. The lowest BCUT2D eigenvalue weighted by molar-refractivity contribution is -0.122. The lowest BCUT2D eigenvalue weighted by Gasteiger charge is -2.16. The number of hydrogen-bond acceptors (Lipinski definition) is 18. The number of carbonyl (C=O) groups excluding carboxylic acids is 6. The van der Waals surface area contributed by atoms with Gasteiger partial charge in [0.15, 0.2) is 0 Å². The number of amides is 6. The summed E-state index contributed by atoms with van der Waals surface area (Å²) >= 11 is 8.89. The van der Waals surface area contributed by atoms with Crippen molar-refractivity contribution in [2.24, 2.45) is 11.7 Å². The van der Waals surface area contributed by atoms with Crippen molar-refractivity contribution < 1.29 is 33.9 Å². The molecule has 2 atom stereocenters. The Kier molecular flexibility index (Phi) is 24.9. The smallest absolute Gasteiger partial charge is 0.262 e. The summed E-state index contributed by atoms with van der Waals surface area (Å²) in [5, 5.41) is 80.7. The highest BCUT2D eigenvalue weighted by Crippen LogP contribution is 2.41. The number of thiophene rings is 6. The van der Waals surface area contributed by atoms with Crippen molar-refractivity contribution in [2.45, 2.75) is 58.4 Å². The van der Waals surface area contributed by atoms with Crippen molar-refractivity contribution in [3.63, 3.8) is 0 Å². The van der Waals surface area contributed by atoms with E-state index in [1.54, 1.807) is 47.0 Å². The van der Waals surface area contributed by atoms with E-state index < -0.39 is 18.0 Å². The van der Waals surface area contributed by atoms with Gasteiger partial charge in [0.1, 0.15) is 30.2 Å². The molecule has 11 aromatic carbocycles. The summed E-state index contributed by atoms with van der Waals surface area (Å²) in [6, 6.07) is 95.1. The number of nitrogens with one attached hydrogen (secondary N) is 10. The minimum absolute atomic E-state index is 0.0210. The van der Waals surface area contributed by atoms with Crippen molar-refractivity contribution in [1.29, 1.82) is 0 Å². The molecule has 1 saturated carbocycles. The van der Waals surface area contributed by atoms with Crippen molar-refractivity contribution in [3.05, 3.63) is 325 Å². The quantitative estimate of drug-likeness (QED) is 0.0339. The van der Waals surface area contributed by atoms with Crippen LogP contribution >= 0.6 is 68.0 Å². The first-order valence-electron chi connectivity index (χ1n) is 42.2. The Morgan fingerprint density at radius 1 is 0.366 bits per heavy atom. The second kappa shape index (κ2) is 38.2. The molecule has 22 aromatic rings. The van der Waals surface area contributed by atoms with Gasteiger partial charge in [-0.3, -0.25) is 54.3 Å². The predicted octanol–water partition coefficient (Wildman–Crippen LogP) is 21.9. The number of carbonyl (C=O) groups is 6. The Hall–Kier alpha value is -15.0. The molecule has 1 fully saturated rings. The first kappa shape index (κ1) is 85.5. The standard InChI is InChI=1S/C24H19N3O2S.C21H15N3OS2.C20H17N3OS.C19H16N4O2S.C18H15N3OS/c28-14-20(16-7-2-1-3-8-16)25-23(29)21-13-19-22(26-27-24(19)30-21)18-11-10-15-6-4-5-9-17(15)12-18;25-20(18-6-3-9-26-18)22-12-16-11-17-19(23-24-21(17)27-16)15-8-7-13-4-1-2-5-14(13)10-15;24-19(13-6-7-13)21-11-16-10-17-18(22-23-20(17)25-16)15-8-5-12-3-1-2-4-14(12)9-15;1-10(17(20)24)21-18(25)15-9-14-16(22-23-19(14)26-15)13-7-6-11-4-2-3-5-12(11)8-13;1-11(22)19-10-15-9-16-17(20-21-18(16)23-15)14-7-6-12-4-2-3-5-13(12)8-14/h1-13,20,28H,14H2,(H,25,29)(H,26,27);1-11H,12H2,(H,22,25)(H,23,24);1-5,8-10,13H,6-7,11H2,(H,21,24)(H,22,23);2-10H,1H3,(H2,20,24)(H,21,25)(H,22,23);2-9H,10H2,1H3,(H,19,22)(H,20,21). The van der Waals surface area contributed by atoms with Crippen LogP contribution in [0.1, 0.15) is 81.9 Å². The molecular formula is C102H82N16O7S6. The Labute approximate surface area is 772 Å². The molecule has 0 bridgehead atoms. The van der Waals surface area contributed by atoms with E-state index in [4.69, 9.17) is 5.73 Å². The van der Waals surface area contributed by atoms with Crippen LogP contribution in [-0.2, 0) is 34.0 Å². The van der Waals surface area contributed by atoms with Gasteiger partial charge in [0.25, 0.3) is 17.7 Å². The van der Waals surface area contributed by atoms with E-state index in [2.05, 4.69) is 253 Å². The highest BCUT2D eigenvalue weighted by atomic mass is 32.1. The maximum absolute atomic E-state index is 12.8. The van der Waals surface area contributed by atoms with E-state index in [0.29, 0.717) is 29.4 Å². The number of primary amides is 1. The second-order valence-electron chi connectivity index (χ2n) is 31.5. The van der Waals surface area contributed by atoms with Crippen molar-refractivity contribution in [3.8, 4) is 56.3 Å². The number of rotatable bonds is 20. The zero-order valence-corrected chi connectivity index (χ0v) is 75.2. The number of aliphatic hydroxyl groups is 1. The molecule has 11 heterocycles. The predicted molar refractivity (Wildman–Crippen MR) is 532 cm³/mol. The molecule has 29 heteroatoms. The largest absolute Gasteiger partial charge is 0.394 e. The van der Waals surface area contributed by atoms with Crippen molar-refractivity contribution in [2.75, 3.05) is 6.61 Å². The first-order valence-corrected chi connectivity index (χ1v) is 47.2. The molecule has 1 aliphatic rings. The summed E-state index contributed by atoms with van der Waals surface area (Å²) in [5.41, 5.74) is 16.3. The van der Waals surface area contributed by atoms with Gasteiger partial charge in [0, 0.05) is 82.2 Å². The van der Waals surface area contributed by atoms with Crippen LogP contribution in [0.4, 0.5) is 0 Å². The van der Waals surface area contributed by atoms with E-state index in [-0.39, 0.29) is 42.1 Å². The van der Waals surface area contributed by atoms with E-state index in [9.17, 15) is 33.9 Å². The summed E-state index contributed by atoms with van der Waals surface area (Å²) in [6.45, 7) is 4.57. The number of fused-ring (bicyclic) bond motifs is 10. The normalized spacial score (nSPS) is 12.3. The maximum atomic E-state index is 12.8. The molecule has 23 nitrogen and oxygen atoms in total. The molecule has 2 unspecified atom stereocenters. The van der Waals surface area contributed by atoms with Crippen LogP contribution in [-0.4, -0.2) is 104 Å². The monoisotopic (exact) mass is 1830 g/mol. The number of benzene rings is 11. The van der Waals surface area contributed by atoms with E-state index in [1.807, 2.05) is 109 Å². The molecule has 131 heavy (non-hydrogen) atoms. The Bertz CT molecular complexity index is 8000. The average molecular weight is 1840 g/mol. The number of aromatic nitrogens is 10. The van der Waals surface area contributed by atoms with E-state index >= 15 is 0 Å². The van der Waals surface area contributed by atoms with Crippen molar-refractivity contribution in [1.82, 2.24) is 77.6 Å². The van der Waals surface area contributed by atoms with E-state index in [1.165, 1.54) is 78.6 Å². The van der Waals surface area contributed by atoms with Gasteiger partial charge in [0.2, 0.25) is 17.7 Å². The first-order chi connectivity index (χ1) is 64.0. The van der Waals surface area contributed by atoms with Gasteiger partial charge in [0.05, 0.1) is 75.4 Å². The second-order valence-corrected chi connectivity index (χ2v) is 37.9. The number of nitrogens with two attached hydrogens (primary N) is 1. The molecule has 648 valence electrons. The number of H-pyrrole nitrogens is 5. The summed E-state index contributed by atoms with van der Waals surface area (Å²) in [4.78, 5) is 80.8. The van der Waals surface area contributed by atoms with Gasteiger partial charge < -0.3 is 37.4 Å². The molecule has 0 saturated heterocycles. The Morgan fingerprint density at radius 3 is 1.03 bits per heavy atom. The van der Waals surface area contributed by atoms with Crippen LogP contribution in [0.3, 0.4) is 0 Å². The van der Waals surface area contributed by atoms with E-state index in [0.717, 1.165) is 161 Å². The topological polar surface area (TPSA) is 352 Å². The van der Waals surface area contributed by atoms with Gasteiger partial charge in [-0.2, -0.15) is 25.5 Å². The minimum Gasteiger partial charge on any atom is -0.394 e. The number of nitrogens with zero attached hydrogens (tertiary/aromatic N) is 5. The van der Waals surface area contributed by atoms with Crippen LogP contribution < -0.4 is 32.3 Å². The van der Waals surface area contributed by atoms with Crippen LogP contribution in [0.25, 0.3) is 161 Å². The molecule has 1 aliphatic carbocycles. The summed E-state index contributed by atoms with van der Waals surface area (Å²) in [5.74, 6) is -0.744. The zero-order valence-electron chi connectivity index (χ0n) is 70.3. The van der Waals surface area contributed by atoms with Gasteiger partial charge in [-0.05, 0) is 151 Å². The third kappa shape index (κ3) is 19.2. The van der Waals surface area contributed by atoms with Crippen LogP contribution in [0.15, 0.2) is 290 Å². The third-order valence-corrected chi connectivity index (χ3v) is 28.6. The Balaban J connectivity index is 0.000000106. The molecular weight excluding hydrogens is 1750 g/mol. The number of aromatic amines is 5. The van der Waals surface area contributed by atoms with Gasteiger partial charge in [-0.25, -0.2) is 0 Å². The third-order valence-electron chi connectivity index (χ3n) is 22.6. The van der Waals surface area contributed by atoms with Crippen LogP contribution in [0.2, 0.25) is 0 Å². The highest BCUT2D eigenvalue weighted by molar-refractivity contribution is 7.21. The minimum atomic E-state index is -0.724. The molecule has 0 radical (unpaired) electrons. The average Bonchev–Trinajstić information content (AvgIpc) is 1.63. The molecule has 0 aliphatic heterocycles. The lowest BCUT2D eigenvalue weighted by atomic mass is 10.0. The van der Waals surface area contributed by atoms with Crippen LogP contribution in [0, 0.1) is 5.92 Å². The SMILES string of the molecule is CC(=O)NCc1cc2c(-c3ccc4ccccc4c3)[nH]nc2s1.CC(NC(=O)c1cc2c(-c3ccc4ccccc4c3)[nH]nc2s1)C(N)=O.O=C(NC(CO)c1ccccc1)c1cc2c(-c3ccc4ccccc4c3)[nH]nc2s1.O=C(NCc1cc2c(-c3ccc4ccccc4c3)[nH]nc2s1)C1CC1.O=C(NCc1cc2c(-c3ccc4ccccc4c3)[nH]nc2s1)c1cccs1. The Morgan fingerprint density at radius 2 is 0.695 bits per heavy atom. The number of hydrogen-bond donors (Lipinski definition) is 12. The molecule has 11 aromatic heterocycles. The molecule has 6 amide bonds. The fourth-order valence-electron chi connectivity index (χ4n) is 15.5. The summed E-state index contributed by atoms with van der Waals surface area (Å²) in [6.07, 6.45) is 2.07. The maximum Gasteiger partial charge on any atom is 0.262 e. The van der Waals surface area contributed by atoms with Crippen LogP contribution in [0.5, 0.6) is 0 Å². The van der Waals surface area contributed by atoms with Crippen molar-refractivity contribution >= 4 is 208 Å². The zero-order chi connectivity index (χ0) is 89.6. The van der Waals surface area contributed by atoms with Gasteiger partial charge in [-0.1, -0.05) is 218 Å². The molecule has 23 rings (SSSR count). The molecule has 0 spiro atoms.